The van der Waals surface area contributed by atoms with Gasteiger partial charge in [-0.3, -0.25) is 4.72 Å². The van der Waals surface area contributed by atoms with E-state index in [1.165, 1.54) is 10.5 Å². The minimum absolute atomic E-state index is 0.0384. The van der Waals surface area contributed by atoms with Crippen LogP contribution in [0, 0.1) is 6.92 Å². The number of carboxylic acids is 1. The van der Waals surface area contributed by atoms with Crippen molar-refractivity contribution in [2.24, 2.45) is 0 Å². The van der Waals surface area contributed by atoms with Crippen LogP contribution in [-0.4, -0.2) is 55.1 Å². The van der Waals surface area contributed by atoms with Crippen LogP contribution >= 0.6 is 0 Å². The van der Waals surface area contributed by atoms with Gasteiger partial charge >= 0.3 is 16.2 Å². The van der Waals surface area contributed by atoms with E-state index in [1.54, 1.807) is 6.92 Å². The molecule has 0 unspecified atom stereocenters. The van der Waals surface area contributed by atoms with Gasteiger partial charge in [-0.25, -0.2) is 4.79 Å². The highest BCUT2D eigenvalue weighted by Gasteiger charge is 2.26. The van der Waals surface area contributed by atoms with E-state index >= 15 is 0 Å². The molecule has 0 bridgehead atoms. The van der Waals surface area contributed by atoms with Gasteiger partial charge in [0.25, 0.3) is 0 Å². The second-order valence-corrected chi connectivity index (χ2v) is 5.80. The SMILES string of the molecule is Cc1[nH]cc(NS(=O)(=O)N2CCOCC2)c1C(=O)O. The minimum Gasteiger partial charge on any atom is -0.478 e. The lowest BCUT2D eigenvalue weighted by atomic mass is 10.2. The fourth-order valence-electron chi connectivity index (χ4n) is 1.87. The topological polar surface area (TPSA) is 112 Å². The lowest BCUT2D eigenvalue weighted by Crippen LogP contribution is -2.43. The molecule has 19 heavy (non-hydrogen) atoms. The Hall–Kier alpha value is -1.58. The van der Waals surface area contributed by atoms with Crippen LogP contribution in [-0.2, 0) is 14.9 Å². The number of ether oxygens (including phenoxy) is 1. The van der Waals surface area contributed by atoms with Crippen molar-refractivity contribution in [1.29, 1.82) is 0 Å². The first-order valence-corrected chi connectivity index (χ1v) is 7.12. The van der Waals surface area contributed by atoms with E-state index < -0.39 is 16.2 Å². The number of morpholine rings is 1. The third-order valence-electron chi connectivity index (χ3n) is 2.84. The van der Waals surface area contributed by atoms with E-state index in [0.29, 0.717) is 18.9 Å². The number of aromatic carboxylic acids is 1. The largest absolute Gasteiger partial charge is 0.478 e. The number of carbonyl (C=O) groups is 1. The monoisotopic (exact) mass is 289 g/mol. The van der Waals surface area contributed by atoms with Crippen LogP contribution in [0.15, 0.2) is 6.20 Å². The highest BCUT2D eigenvalue weighted by molar-refractivity contribution is 7.90. The third kappa shape index (κ3) is 2.88. The number of nitrogens with one attached hydrogen (secondary N) is 2. The first kappa shape index (κ1) is 13.8. The summed E-state index contributed by atoms with van der Waals surface area (Å²) < 4.78 is 32.8. The number of H-pyrrole nitrogens is 1. The number of anilines is 1. The Kier molecular flexibility index (Phi) is 3.78. The number of nitrogens with zero attached hydrogens (tertiary/aromatic N) is 1. The predicted octanol–water partition coefficient (Wildman–Crippen LogP) is 0.0102. The summed E-state index contributed by atoms with van der Waals surface area (Å²) in [5.74, 6) is -1.18. The van der Waals surface area contributed by atoms with Gasteiger partial charge in [-0.1, -0.05) is 0 Å². The minimum atomic E-state index is -3.76. The van der Waals surface area contributed by atoms with E-state index in [-0.39, 0.29) is 24.3 Å². The molecule has 2 heterocycles. The maximum Gasteiger partial charge on any atom is 0.339 e. The second-order valence-electron chi connectivity index (χ2n) is 4.13. The molecule has 1 aliphatic heterocycles. The second kappa shape index (κ2) is 5.19. The summed E-state index contributed by atoms with van der Waals surface area (Å²) in [5.41, 5.74) is 0.362. The van der Waals surface area contributed by atoms with Gasteiger partial charge in [0.05, 0.1) is 18.9 Å². The number of aromatic amines is 1. The first-order valence-electron chi connectivity index (χ1n) is 5.68. The van der Waals surface area contributed by atoms with Gasteiger partial charge in [0.1, 0.15) is 5.56 Å². The summed E-state index contributed by atoms with van der Waals surface area (Å²) in [7, 11) is -3.76. The molecule has 1 aliphatic rings. The normalized spacial score (nSPS) is 17.3. The van der Waals surface area contributed by atoms with Crippen LogP contribution in [0.1, 0.15) is 16.1 Å². The predicted molar refractivity (Wildman–Crippen MR) is 67.4 cm³/mol. The van der Waals surface area contributed by atoms with Gasteiger partial charge in [-0.05, 0) is 6.92 Å². The van der Waals surface area contributed by atoms with Crippen LogP contribution in [0.2, 0.25) is 0 Å². The molecule has 1 fully saturated rings. The summed E-state index contributed by atoms with van der Waals surface area (Å²) in [6.07, 6.45) is 1.33. The van der Waals surface area contributed by atoms with Crippen LogP contribution in [0.5, 0.6) is 0 Å². The van der Waals surface area contributed by atoms with Gasteiger partial charge in [-0.2, -0.15) is 12.7 Å². The average Bonchev–Trinajstić information content (AvgIpc) is 2.71. The molecule has 2 rings (SSSR count). The quantitative estimate of drug-likeness (QED) is 0.723. The van der Waals surface area contributed by atoms with Gasteiger partial charge in [-0.15, -0.1) is 0 Å². The lowest BCUT2D eigenvalue weighted by molar-refractivity contribution is 0.0697. The van der Waals surface area contributed by atoms with Gasteiger partial charge in [0.15, 0.2) is 0 Å². The van der Waals surface area contributed by atoms with Crippen molar-refractivity contribution in [1.82, 2.24) is 9.29 Å². The van der Waals surface area contributed by atoms with Crippen LogP contribution < -0.4 is 4.72 Å². The Balaban J connectivity index is 2.23. The Bertz CT molecular complexity index is 574. The number of hydrogen-bond acceptors (Lipinski definition) is 4. The molecule has 0 aromatic carbocycles. The highest BCUT2D eigenvalue weighted by Crippen LogP contribution is 2.21. The Morgan fingerprint density at radius 1 is 1.47 bits per heavy atom. The molecule has 0 atom stereocenters. The average molecular weight is 289 g/mol. The summed E-state index contributed by atoms with van der Waals surface area (Å²) in [5, 5.41) is 9.05. The number of aryl methyl sites for hydroxylation is 1. The van der Waals surface area contributed by atoms with Gasteiger partial charge < -0.3 is 14.8 Å². The van der Waals surface area contributed by atoms with E-state index in [2.05, 4.69) is 9.71 Å². The fourth-order valence-corrected chi connectivity index (χ4v) is 3.07. The standard InChI is InChI=1S/C10H15N3O5S/c1-7-9(10(14)15)8(6-11-7)12-19(16,17)13-2-4-18-5-3-13/h6,11-12H,2-5H2,1H3,(H,14,15). The molecule has 1 aromatic heterocycles. The number of carboxylic acid groups (broad SMARTS) is 1. The number of aromatic nitrogens is 1. The molecule has 0 amide bonds. The van der Waals surface area contributed by atoms with E-state index in [1.807, 2.05) is 0 Å². The highest BCUT2D eigenvalue weighted by atomic mass is 32.2. The molecule has 106 valence electrons. The lowest BCUT2D eigenvalue weighted by Gasteiger charge is -2.26. The van der Waals surface area contributed by atoms with Crippen molar-refractivity contribution in [2.45, 2.75) is 6.92 Å². The number of rotatable bonds is 4. The van der Waals surface area contributed by atoms with Crippen molar-refractivity contribution in [2.75, 3.05) is 31.0 Å². The van der Waals surface area contributed by atoms with Crippen LogP contribution in [0.3, 0.4) is 0 Å². The maximum absolute atomic E-state index is 12.1. The van der Waals surface area contributed by atoms with Crippen molar-refractivity contribution in [3.8, 4) is 0 Å². The van der Waals surface area contributed by atoms with Gasteiger partial charge in [0.2, 0.25) is 0 Å². The van der Waals surface area contributed by atoms with Crippen molar-refractivity contribution in [3.05, 3.63) is 17.5 Å². The van der Waals surface area contributed by atoms with Crippen molar-refractivity contribution >= 4 is 21.9 Å². The number of hydrogen-bond donors (Lipinski definition) is 3. The molecule has 3 N–H and O–H groups in total. The molecule has 8 nitrogen and oxygen atoms in total. The Labute approximate surface area is 110 Å². The molecule has 0 radical (unpaired) electrons. The summed E-state index contributed by atoms with van der Waals surface area (Å²) >= 11 is 0. The van der Waals surface area contributed by atoms with Crippen LogP contribution in [0.25, 0.3) is 0 Å². The molecule has 0 saturated carbocycles. The zero-order valence-electron chi connectivity index (χ0n) is 10.3. The van der Waals surface area contributed by atoms with E-state index in [4.69, 9.17) is 9.84 Å². The zero-order valence-corrected chi connectivity index (χ0v) is 11.2. The molecule has 0 aliphatic carbocycles. The van der Waals surface area contributed by atoms with Crippen molar-refractivity contribution < 1.29 is 23.1 Å². The summed E-state index contributed by atoms with van der Waals surface area (Å²) in [4.78, 5) is 13.8. The molecule has 1 aromatic rings. The fraction of sp³-hybridized carbons (Fsp3) is 0.500. The van der Waals surface area contributed by atoms with Crippen LogP contribution in [0.4, 0.5) is 5.69 Å². The zero-order chi connectivity index (χ0) is 14.0. The third-order valence-corrected chi connectivity index (χ3v) is 4.36. The van der Waals surface area contributed by atoms with E-state index in [0.717, 1.165) is 0 Å². The molecule has 1 saturated heterocycles. The smallest absolute Gasteiger partial charge is 0.339 e. The first-order chi connectivity index (χ1) is 8.92. The maximum atomic E-state index is 12.1. The van der Waals surface area contributed by atoms with Gasteiger partial charge in [0, 0.05) is 25.0 Å². The Morgan fingerprint density at radius 2 is 2.11 bits per heavy atom. The summed E-state index contributed by atoms with van der Waals surface area (Å²) in [6, 6.07) is 0. The summed E-state index contributed by atoms with van der Waals surface area (Å²) in [6.45, 7) is 2.73. The molecular formula is C10H15N3O5S. The molecule has 9 heteroatoms. The molecular weight excluding hydrogens is 274 g/mol. The van der Waals surface area contributed by atoms with E-state index in [9.17, 15) is 13.2 Å². The Morgan fingerprint density at radius 3 is 2.68 bits per heavy atom. The molecule has 0 spiro atoms. The van der Waals surface area contributed by atoms with Crippen molar-refractivity contribution in [3.63, 3.8) is 0 Å².